The van der Waals surface area contributed by atoms with Gasteiger partial charge in [-0.3, -0.25) is 0 Å². The van der Waals surface area contributed by atoms with Gasteiger partial charge in [0, 0.05) is 18.8 Å². The van der Waals surface area contributed by atoms with Gasteiger partial charge in [-0.25, -0.2) is 4.98 Å². The largest absolute Gasteiger partial charge is 0.376 e. The maximum absolute atomic E-state index is 8.93. The summed E-state index contributed by atoms with van der Waals surface area (Å²) in [4.78, 5) is 4.14. The summed E-state index contributed by atoms with van der Waals surface area (Å²) in [6, 6.07) is 5.97. The molecule has 0 aromatic carbocycles. The SMILES string of the molecule is N#Cc1cccnc1NCCOC1CCC(N)CC1. The second kappa shape index (κ2) is 7.07. The third-order valence-corrected chi connectivity index (χ3v) is 3.40. The highest BCUT2D eigenvalue weighted by molar-refractivity contribution is 5.50. The van der Waals surface area contributed by atoms with E-state index in [9.17, 15) is 0 Å². The minimum atomic E-state index is 0.334. The Morgan fingerprint density at radius 1 is 1.42 bits per heavy atom. The highest BCUT2D eigenvalue weighted by atomic mass is 16.5. The molecule has 2 rings (SSSR count). The molecule has 19 heavy (non-hydrogen) atoms. The van der Waals surface area contributed by atoms with Crippen molar-refractivity contribution < 1.29 is 4.74 Å². The lowest BCUT2D eigenvalue weighted by Gasteiger charge is -2.26. The first-order valence-electron chi connectivity index (χ1n) is 6.76. The third kappa shape index (κ3) is 4.19. The molecule has 5 nitrogen and oxygen atoms in total. The summed E-state index contributed by atoms with van der Waals surface area (Å²) in [5.41, 5.74) is 6.41. The lowest BCUT2D eigenvalue weighted by Crippen LogP contribution is -2.31. The first-order chi connectivity index (χ1) is 9.29. The zero-order valence-corrected chi connectivity index (χ0v) is 11.0. The second-order valence-corrected chi connectivity index (χ2v) is 4.85. The molecule has 0 amide bonds. The fourth-order valence-electron chi connectivity index (χ4n) is 2.29. The summed E-state index contributed by atoms with van der Waals surface area (Å²) in [6.07, 6.45) is 6.21. The van der Waals surface area contributed by atoms with Crippen LogP contribution in [-0.2, 0) is 4.74 Å². The molecule has 102 valence electrons. The molecule has 3 N–H and O–H groups in total. The van der Waals surface area contributed by atoms with Crippen molar-refractivity contribution >= 4 is 5.82 Å². The maximum atomic E-state index is 8.93. The Bertz CT molecular complexity index is 435. The summed E-state index contributed by atoms with van der Waals surface area (Å²) in [5.74, 6) is 0.624. The number of nitrogens with two attached hydrogens (primary N) is 1. The molecule has 1 aromatic heterocycles. The molecule has 0 saturated heterocycles. The van der Waals surface area contributed by atoms with E-state index >= 15 is 0 Å². The summed E-state index contributed by atoms with van der Waals surface area (Å²) in [5, 5.41) is 12.1. The maximum Gasteiger partial charge on any atom is 0.143 e. The van der Waals surface area contributed by atoms with Crippen molar-refractivity contribution in [3.63, 3.8) is 0 Å². The van der Waals surface area contributed by atoms with Gasteiger partial charge in [0.2, 0.25) is 0 Å². The number of ether oxygens (including phenoxy) is 1. The Morgan fingerprint density at radius 3 is 2.95 bits per heavy atom. The van der Waals surface area contributed by atoms with Crippen LogP contribution in [0.1, 0.15) is 31.2 Å². The molecule has 0 bridgehead atoms. The molecule has 0 unspecified atom stereocenters. The molecule has 5 heteroatoms. The van der Waals surface area contributed by atoms with Crippen molar-refractivity contribution in [1.29, 1.82) is 5.26 Å². The smallest absolute Gasteiger partial charge is 0.143 e. The molecule has 0 atom stereocenters. The topological polar surface area (TPSA) is 84.0 Å². The van der Waals surface area contributed by atoms with Gasteiger partial charge >= 0.3 is 0 Å². The van der Waals surface area contributed by atoms with Crippen LogP contribution >= 0.6 is 0 Å². The van der Waals surface area contributed by atoms with Crippen LogP contribution in [0.3, 0.4) is 0 Å². The lowest BCUT2D eigenvalue weighted by molar-refractivity contribution is 0.0313. The normalized spacial score (nSPS) is 22.7. The molecule has 1 heterocycles. The van der Waals surface area contributed by atoms with Gasteiger partial charge in [0.15, 0.2) is 0 Å². The van der Waals surface area contributed by atoms with Crippen molar-refractivity contribution in [2.24, 2.45) is 5.73 Å². The van der Waals surface area contributed by atoms with Crippen LogP contribution in [0.15, 0.2) is 18.3 Å². The molecule has 0 aliphatic heterocycles. The molecule has 1 aliphatic carbocycles. The van der Waals surface area contributed by atoms with Gasteiger partial charge in [0.25, 0.3) is 0 Å². The van der Waals surface area contributed by atoms with Crippen molar-refractivity contribution in [3.8, 4) is 6.07 Å². The number of hydrogen-bond donors (Lipinski definition) is 2. The number of nitrogens with zero attached hydrogens (tertiary/aromatic N) is 2. The van der Waals surface area contributed by atoms with E-state index < -0.39 is 0 Å². The number of aromatic nitrogens is 1. The van der Waals surface area contributed by atoms with E-state index in [-0.39, 0.29) is 0 Å². The summed E-state index contributed by atoms with van der Waals surface area (Å²) in [6.45, 7) is 1.29. The molecular weight excluding hydrogens is 240 g/mol. The average Bonchev–Trinajstić information content (AvgIpc) is 2.46. The van der Waals surface area contributed by atoms with E-state index in [1.807, 2.05) is 0 Å². The predicted octanol–water partition coefficient (Wildman–Crippen LogP) is 1.65. The highest BCUT2D eigenvalue weighted by Gasteiger charge is 2.18. The van der Waals surface area contributed by atoms with Crippen LogP contribution < -0.4 is 11.1 Å². The Hall–Kier alpha value is -1.64. The van der Waals surface area contributed by atoms with Crippen molar-refractivity contribution in [1.82, 2.24) is 4.98 Å². The first kappa shape index (κ1) is 13.8. The predicted molar refractivity (Wildman–Crippen MR) is 73.6 cm³/mol. The number of anilines is 1. The molecular formula is C14H20N4O. The average molecular weight is 260 g/mol. The quantitative estimate of drug-likeness (QED) is 0.786. The standard InChI is InChI=1S/C14H20N4O/c15-10-11-2-1-7-17-14(11)18-8-9-19-13-5-3-12(16)4-6-13/h1-2,7,12-13H,3-6,8-9,16H2,(H,17,18). The minimum Gasteiger partial charge on any atom is -0.376 e. The molecule has 0 radical (unpaired) electrons. The van der Waals surface area contributed by atoms with Gasteiger partial charge < -0.3 is 15.8 Å². The van der Waals surface area contributed by atoms with E-state index in [4.69, 9.17) is 15.7 Å². The third-order valence-electron chi connectivity index (χ3n) is 3.40. The fraction of sp³-hybridized carbons (Fsp3) is 0.571. The zero-order chi connectivity index (χ0) is 13.5. The van der Waals surface area contributed by atoms with Gasteiger partial charge in [0.1, 0.15) is 11.9 Å². The molecule has 1 aliphatic rings. The summed E-state index contributed by atoms with van der Waals surface area (Å²) < 4.78 is 5.80. The summed E-state index contributed by atoms with van der Waals surface area (Å²) in [7, 11) is 0. The van der Waals surface area contributed by atoms with Crippen molar-refractivity contribution in [3.05, 3.63) is 23.9 Å². The Labute approximate surface area is 113 Å². The van der Waals surface area contributed by atoms with Crippen molar-refractivity contribution in [2.75, 3.05) is 18.5 Å². The fourth-order valence-corrected chi connectivity index (χ4v) is 2.29. The number of hydrogen-bond acceptors (Lipinski definition) is 5. The van der Waals surface area contributed by atoms with Crippen LogP contribution in [0.2, 0.25) is 0 Å². The van der Waals surface area contributed by atoms with Crippen LogP contribution in [0.4, 0.5) is 5.82 Å². The number of nitrogens with one attached hydrogen (secondary N) is 1. The minimum absolute atomic E-state index is 0.334. The van der Waals surface area contributed by atoms with Gasteiger partial charge in [0.05, 0.1) is 18.3 Å². The zero-order valence-electron chi connectivity index (χ0n) is 11.0. The highest BCUT2D eigenvalue weighted by Crippen LogP contribution is 2.19. The van der Waals surface area contributed by atoms with Gasteiger partial charge in [-0.1, -0.05) is 0 Å². The Morgan fingerprint density at radius 2 is 2.21 bits per heavy atom. The van der Waals surface area contributed by atoms with E-state index in [0.29, 0.717) is 36.7 Å². The van der Waals surface area contributed by atoms with Gasteiger partial charge in [-0.15, -0.1) is 0 Å². The lowest BCUT2D eigenvalue weighted by atomic mass is 9.94. The van der Waals surface area contributed by atoms with Crippen LogP contribution in [0, 0.1) is 11.3 Å². The second-order valence-electron chi connectivity index (χ2n) is 4.85. The first-order valence-corrected chi connectivity index (χ1v) is 6.76. The van der Waals surface area contributed by atoms with Crippen molar-refractivity contribution in [2.45, 2.75) is 37.8 Å². The van der Waals surface area contributed by atoms with E-state index in [2.05, 4.69) is 16.4 Å². The molecule has 1 saturated carbocycles. The molecule has 1 fully saturated rings. The number of nitriles is 1. The Balaban J connectivity index is 1.68. The van der Waals surface area contributed by atoms with E-state index in [0.717, 1.165) is 25.7 Å². The van der Waals surface area contributed by atoms with E-state index in [1.54, 1.807) is 18.3 Å². The van der Waals surface area contributed by atoms with Crippen LogP contribution in [-0.4, -0.2) is 30.3 Å². The van der Waals surface area contributed by atoms with E-state index in [1.165, 1.54) is 0 Å². The van der Waals surface area contributed by atoms with Crippen LogP contribution in [0.5, 0.6) is 0 Å². The monoisotopic (exact) mass is 260 g/mol. The molecule has 1 aromatic rings. The number of pyridine rings is 1. The van der Waals surface area contributed by atoms with Crippen LogP contribution in [0.25, 0.3) is 0 Å². The van der Waals surface area contributed by atoms with Gasteiger partial charge in [-0.05, 0) is 37.8 Å². The Kier molecular flexibility index (Phi) is 5.13. The molecule has 0 spiro atoms. The summed E-state index contributed by atoms with van der Waals surface area (Å²) >= 11 is 0. The number of rotatable bonds is 5. The van der Waals surface area contributed by atoms with Gasteiger partial charge in [-0.2, -0.15) is 5.26 Å².